The van der Waals surface area contributed by atoms with Gasteiger partial charge in [0.2, 0.25) is 0 Å². The Morgan fingerprint density at radius 3 is 2.56 bits per heavy atom. The first-order valence-electron chi connectivity index (χ1n) is 8.22. The van der Waals surface area contributed by atoms with E-state index >= 15 is 0 Å². The van der Waals surface area contributed by atoms with Gasteiger partial charge in [0.1, 0.15) is 16.0 Å². The molecule has 3 atom stereocenters. The molecule has 2 rings (SSSR count). The van der Waals surface area contributed by atoms with Crippen LogP contribution < -0.4 is 5.32 Å². The molecule has 1 aliphatic heterocycles. The Hall–Kier alpha value is -2.23. The Morgan fingerprint density at radius 2 is 2.00 bits per heavy atom. The summed E-state index contributed by atoms with van der Waals surface area (Å²) < 4.78 is 25.2. The van der Waals surface area contributed by atoms with Crippen molar-refractivity contribution >= 4 is 39.7 Å². The molecule has 1 aliphatic rings. The van der Waals surface area contributed by atoms with Crippen LogP contribution in [0.2, 0.25) is 0 Å². The highest BCUT2D eigenvalue weighted by Crippen LogP contribution is 2.27. The van der Waals surface area contributed by atoms with E-state index in [1.807, 2.05) is 0 Å². The van der Waals surface area contributed by atoms with Gasteiger partial charge in [0.05, 0.1) is 6.54 Å². The van der Waals surface area contributed by atoms with Crippen LogP contribution in [0.5, 0.6) is 0 Å². The van der Waals surface area contributed by atoms with E-state index in [2.05, 4.69) is 26.2 Å². The molecule has 27 heavy (non-hydrogen) atoms. The number of nitrogens with one attached hydrogen (secondary N) is 1. The molecule has 148 valence electrons. The first-order chi connectivity index (χ1) is 12.5. The Balaban J connectivity index is 2.28. The number of halogens is 2. The van der Waals surface area contributed by atoms with Crippen molar-refractivity contribution in [2.75, 3.05) is 11.9 Å². The van der Waals surface area contributed by atoms with Crippen molar-refractivity contribution < 1.29 is 28.2 Å². The second kappa shape index (κ2) is 8.20. The fourth-order valence-electron chi connectivity index (χ4n) is 2.59. The number of carbonyl (C=O) groups is 3. The zero-order valence-electron chi connectivity index (χ0n) is 15.4. The van der Waals surface area contributed by atoms with E-state index in [9.17, 15) is 18.8 Å². The molecule has 0 spiro atoms. The third kappa shape index (κ3) is 5.62. The van der Waals surface area contributed by atoms with Crippen LogP contribution in [0.1, 0.15) is 27.7 Å². The molecule has 2 heterocycles. The monoisotopic (exact) mass is 445 g/mol. The predicted molar refractivity (Wildman–Crippen MR) is 97.7 cm³/mol. The molecule has 10 heteroatoms. The van der Waals surface area contributed by atoms with Crippen molar-refractivity contribution in [1.82, 2.24) is 9.88 Å². The van der Waals surface area contributed by atoms with Crippen LogP contribution in [0.25, 0.3) is 0 Å². The topological polar surface area (TPSA) is 97.8 Å². The lowest BCUT2D eigenvalue weighted by molar-refractivity contribution is -0.151. The molecule has 0 aliphatic carbocycles. The minimum Gasteiger partial charge on any atom is -0.457 e. The van der Waals surface area contributed by atoms with Crippen LogP contribution in [0.3, 0.4) is 0 Å². The molecule has 0 unspecified atom stereocenters. The molecule has 2 amide bonds. The summed E-state index contributed by atoms with van der Waals surface area (Å²) in [6, 6.07) is 3.45. The highest BCUT2D eigenvalue weighted by molar-refractivity contribution is 9.10. The van der Waals surface area contributed by atoms with Gasteiger partial charge in [-0.3, -0.25) is 14.5 Å². The van der Waals surface area contributed by atoms with Crippen LogP contribution in [0.4, 0.5) is 15.0 Å². The maximum absolute atomic E-state index is 14.5. The standard InChI is InChI=1S/C17H21BrFN3O5/c1-9(23)26-14-10(19)8-22(16(25)27-17(2,3)4)13(14)15(24)21-12-7-5-6-11(18)20-12/h5-7,10,13-14H,8H2,1-4H3,(H,20,21,24)/t10-,13-,14+/m0/s1. The van der Waals surface area contributed by atoms with Crippen LogP contribution in [-0.4, -0.2) is 58.3 Å². The van der Waals surface area contributed by atoms with Gasteiger partial charge < -0.3 is 14.8 Å². The van der Waals surface area contributed by atoms with Crippen molar-refractivity contribution in [2.45, 2.75) is 51.6 Å². The van der Waals surface area contributed by atoms with Crippen LogP contribution in [0, 0.1) is 0 Å². The second-order valence-corrected chi connectivity index (χ2v) is 7.81. The van der Waals surface area contributed by atoms with Gasteiger partial charge in [-0.15, -0.1) is 0 Å². The minimum absolute atomic E-state index is 0.197. The highest BCUT2D eigenvalue weighted by atomic mass is 79.9. The first kappa shape index (κ1) is 21.1. The van der Waals surface area contributed by atoms with Gasteiger partial charge in [-0.05, 0) is 48.8 Å². The van der Waals surface area contributed by atoms with Crippen molar-refractivity contribution in [1.29, 1.82) is 0 Å². The molecule has 8 nitrogen and oxygen atoms in total. The average Bonchev–Trinajstić information content (AvgIpc) is 2.82. The van der Waals surface area contributed by atoms with Crippen molar-refractivity contribution in [2.24, 2.45) is 0 Å². The molecule has 0 saturated carbocycles. The van der Waals surface area contributed by atoms with E-state index in [-0.39, 0.29) is 5.82 Å². The van der Waals surface area contributed by atoms with Crippen LogP contribution in [0.15, 0.2) is 22.8 Å². The smallest absolute Gasteiger partial charge is 0.411 e. The molecule has 1 aromatic rings. The number of carbonyl (C=O) groups excluding carboxylic acids is 3. The van der Waals surface area contributed by atoms with Crippen molar-refractivity contribution in [3.05, 3.63) is 22.8 Å². The number of amides is 2. The number of ether oxygens (including phenoxy) is 2. The second-order valence-electron chi connectivity index (χ2n) is 7.00. The SMILES string of the molecule is CC(=O)O[C@H]1[C@@H](C(=O)Nc2cccc(Br)n2)N(C(=O)OC(C)(C)C)C[C@@H]1F. The molecule has 1 saturated heterocycles. The number of nitrogens with zero attached hydrogens (tertiary/aromatic N) is 2. The fraction of sp³-hybridized carbons (Fsp3) is 0.529. The summed E-state index contributed by atoms with van der Waals surface area (Å²) >= 11 is 3.18. The molecule has 0 radical (unpaired) electrons. The Bertz CT molecular complexity index is 740. The molecular weight excluding hydrogens is 425 g/mol. The maximum atomic E-state index is 14.5. The molecule has 1 N–H and O–H groups in total. The minimum atomic E-state index is -1.73. The van der Waals surface area contributed by atoms with E-state index in [1.54, 1.807) is 32.9 Å². The zero-order valence-corrected chi connectivity index (χ0v) is 16.9. The third-order valence-corrected chi connectivity index (χ3v) is 3.98. The number of anilines is 1. The summed E-state index contributed by atoms with van der Waals surface area (Å²) in [6.07, 6.45) is -4.04. The Kier molecular flexibility index (Phi) is 6.40. The summed E-state index contributed by atoms with van der Waals surface area (Å²) in [5.41, 5.74) is -0.838. The van der Waals surface area contributed by atoms with Crippen molar-refractivity contribution in [3.8, 4) is 0 Å². The summed E-state index contributed by atoms with van der Waals surface area (Å²) in [6.45, 7) is 5.62. The van der Waals surface area contributed by atoms with Gasteiger partial charge in [-0.25, -0.2) is 14.2 Å². The van der Waals surface area contributed by atoms with Gasteiger partial charge in [0.15, 0.2) is 18.3 Å². The predicted octanol–water partition coefficient (Wildman–Crippen LogP) is 2.67. The third-order valence-electron chi connectivity index (χ3n) is 3.54. The van der Waals surface area contributed by atoms with E-state index in [0.29, 0.717) is 4.60 Å². The van der Waals surface area contributed by atoms with E-state index < -0.39 is 48.4 Å². The summed E-state index contributed by atoms with van der Waals surface area (Å²) in [5.74, 6) is -1.30. The largest absolute Gasteiger partial charge is 0.457 e. The summed E-state index contributed by atoms with van der Waals surface area (Å²) in [7, 11) is 0. The van der Waals surface area contributed by atoms with E-state index in [1.165, 1.54) is 6.07 Å². The maximum Gasteiger partial charge on any atom is 0.411 e. The number of hydrogen-bond donors (Lipinski definition) is 1. The lowest BCUT2D eigenvalue weighted by Gasteiger charge is -2.29. The van der Waals surface area contributed by atoms with Gasteiger partial charge in [0, 0.05) is 6.92 Å². The first-order valence-corrected chi connectivity index (χ1v) is 9.01. The lowest BCUT2D eigenvalue weighted by Crippen LogP contribution is -2.50. The van der Waals surface area contributed by atoms with Gasteiger partial charge in [-0.1, -0.05) is 6.07 Å². The Labute approximate surface area is 164 Å². The number of likely N-dealkylation sites (tertiary alicyclic amines) is 1. The van der Waals surface area contributed by atoms with Crippen LogP contribution in [-0.2, 0) is 19.1 Å². The normalized spacial score (nSPS) is 22.3. The number of hydrogen-bond acceptors (Lipinski definition) is 6. The van der Waals surface area contributed by atoms with Crippen molar-refractivity contribution in [3.63, 3.8) is 0 Å². The number of rotatable bonds is 3. The summed E-state index contributed by atoms with van der Waals surface area (Å²) in [4.78, 5) is 41.6. The zero-order chi connectivity index (χ0) is 20.4. The van der Waals surface area contributed by atoms with Gasteiger partial charge in [-0.2, -0.15) is 0 Å². The van der Waals surface area contributed by atoms with Gasteiger partial charge >= 0.3 is 12.1 Å². The molecular formula is C17H21BrFN3O5. The summed E-state index contributed by atoms with van der Waals surface area (Å²) in [5, 5.41) is 2.51. The van der Waals surface area contributed by atoms with E-state index in [0.717, 1.165) is 11.8 Å². The molecule has 0 bridgehead atoms. The molecule has 0 aromatic carbocycles. The molecule has 1 fully saturated rings. The van der Waals surface area contributed by atoms with E-state index in [4.69, 9.17) is 9.47 Å². The van der Waals surface area contributed by atoms with Gasteiger partial charge in [0.25, 0.3) is 5.91 Å². The average molecular weight is 446 g/mol. The number of aromatic nitrogens is 1. The quantitative estimate of drug-likeness (QED) is 0.567. The molecule has 1 aromatic heterocycles. The van der Waals surface area contributed by atoms with Crippen LogP contribution >= 0.6 is 15.9 Å². The Morgan fingerprint density at radius 1 is 1.33 bits per heavy atom. The highest BCUT2D eigenvalue weighted by Gasteiger charge is 2.51. The number of alkyl halides is 1. The lowest BCUT2D eigenvalue weighted by atomic mass is 10.1. The fourth-order valence-corrected chi connectivity index (χ4v) is 2.93. The number of pyridine rings is 1. The number of esters is 1.